The lowest BCUT2D eigenvalue weighted by Gasteiger charge is -2.14. The summed E-state index contributed by atoms with van der Waals surface area (Å²) in [6.45, 7) is 0.0577. The Morgan fingerprint density at radius 2 is 1.88 bits per heavy atom. The molecule has 0 radical (unpaired) electrons. The number of hydrogen-bond donors (Lipinski definition) is 0. The van der Waals surface area contributed by atoms with Crippen LogP contribution >= 0.6 is 34.8 Å². The van der Waals surface area contributed by atoms with Crippen LogP contribution in [0.15, 0.2) is 30.3 Å². The van der Waals surface area contributed by atoms with Crippen LogP contribution in [0.2, 0.25) is 15.1 Å². The van der Waals surface area contributed by atoms with Gasteiger partial charge in [0, 0.05) is 0 Å². The average Bonchev–Trinajstić information content (AvgIpc) is 2.60. The van der Waals surface area contributed by atoms with Crippen molar-refractivity contribution in [1.82, 2.24) is 0 Å². The summed E-state index contributed by atoms with van der Waals surface area (Å²) in [5.41, 5.74) is 1.00. The molecule has 0 N–H and O–H groups in total. The van der Waals surface area contributed by atoms with Gasteiger partial charge in [0.2, 0.25) is 0 Å². The zero-order valence-corrected chi connectivity index (χ0v) is 15.4. The lowest BCUT2D eigenvalue weighted by molar-refractivity contribution is 0.0556. The molecular formula is C18H13Cl3O4. The number of carbonyl (C=O) groups is 1. The van der Waals surface area contributed by atoms with Crippen molar-refractivity contribution in [2.75, 3.05) is 13.7 Å². The second-order valence-corrected chi connectivity index (χ2v) is 6.03. The van der Waals surface area contributed by atoms with Crippen molar-refractivity contribution in [3.8, 4) is 23.8 Å². The van der Waals surface area contributed by atoms with Crippen molar-refractivity contribution in [2.24, 2.45) is 0 Å². The number of terminal acetylenes is 1. The number of hydrogen-bond acceptors (Lipinski definition) is 4. The SMILES string of the molecule is C#CCOC(=O)c1cc(Cl)c(OCc2ccc(Cl)c(Cl)c2)c(OC)c1. The van der Waals surface area contributed by atoms with E-state index in [2.05, 4.69) is 5.92 Å². The quantitative estimate of drug-likeness (QED) is 0.505. The molecule has 0 spiro atoms. The predicted molar refractivity (Wildman–Crippen MR) is 97.9 cm³/mol. The number of esters is 1. The fourth-order valence-electron chi connectivity index (χ4n) is 1.95. The second-order valence-electron chi connectivity index (χ2n) is 4.81. The molecule has 0 amide bonds. The van der Waals surface area contributed by atoms with E-state index in [0.717, 1.165) is 5.56 Å². The molecule has 130 valence electrons. The molecule has 0 aromatic heterocycles. The number of methoxy groups -OCH3 is 1. The van der Waals surface area contributed by atoms with Crippen molar-refractivity contribution < 1.29 is 19.0 Å². The molecule has 0 aliphatic heterocycles. The molecule has 4 nitrogen and oxygen atoms in total. The summed E-state index contributed by atoms with van der Waals surface area (Å²) in [5.74, 6) is 2.20. The highest BCUT2D eigenvalue weighted by atomic mass is 35.5. The summed E-state index contributed by atoms with van der Waals surface area (Å²) in [7, 11) is 1.44. The Morgan fingerprint density at radius 3 is 2.52 bits per heavy atom. The van der Waals surface area contributed by atoms with Crippen molar-refractivity contribution in [3.63, 3.8) is 0 Å². The first-order valence-corrected chi connectivity index (χ1v) is 8.14. The normalized spacial score (nSPS) is 10.0. The van der Waals surface area contributed by atoms with Gasteiger partial charge >= 0.3 is 5.97 Å². The van der Waals surface area contributed by atoms with Crippen molar-refractivity contribution in [3.05, 3.63) is 56.5 Å². The van der Waals surface area contributed by atoms with Gasteiger partial charge in [-0.05, 0) is 29.8 Å². The molecule has 7 heteroatoms. The third kappa shape index (κ3) is 4.96. The van der Waals surface area contributed by atoms with Gasteiger partial charge in [0.1, 0.15) is 6.61 Å². The van der Waals surface area contributed by atoms with Crippen LogP contribution in [-0.4, -0.2) is 19.7 Å². The first-order valence-electron chi connectivity index (χ1n) is 7.01. The lowest BCUT2D eigenvalue weighted by atomic mass is 10.2. The molecular weight excluding hydrogens is 387 g/mol. The largest absolute Gasteiger partial charge is 0.493 e. The van der Waals surface area contributed by atoms with E-state index in [4.69, 9.17) is 55.4 Å². The summed E-state index contributed by atoms with van der Waals surface area (Å²) in [5, 5.41) is 1.08. The molecule has 2 rings (SSSR count). The minimum atomic E-state index is -0.603. The first-order chi connectivity index (χ1) is 12.0. The van der Waals surface area contributed by atoms with Gasteiger partial charge in [0.25, 0.3) is 0 Å². The third-order valence-corrected chi connectivity index (χ3v) is 4.14. The Balaban J connectivity index is 2.21. The van der Waals surface area contributed by atoms with Gasteiger partial charge in [-0.2, -0.15) is 0 Å². The third-order valence-electron chi connectivity index (χ3n) is 3.12. The van der Waals surface area contributed by atoms with Gasteiger partial charge in [-0.15, -0.1) is 6.42 Å². The standard InChI is InChI=1S/C18H13Cl3O4/c1-3-6-24-18(22)12-8-15(21)17(16(9-12)23-2)25-10-11-4-5-13(19)14(20)7-11/h1,4-5,7-9H,6,10H2,2H3. The monoisotopic (exact) mass is 398 g/mol. The molecule has 25 heavy (non-hydrogen) atoms. The van der Waals surface area contributed by atoms with Crippen molar-refractivity contribution in [1.29, 1.82) is 0 Å². The molecule has 0 saturated heterocycles. The fraction of sp³-hybridized carbons (Fsp3) is 0.167. The maximum Gasteiger partial charge on any atom is 0.339 e. The van der Waals surface area contributed by atoms with Crippen LogP contribution in [0.4, 0.5) is 0 Å². The summed E-state index contributed by atoms with van der Waals surface area (Å²) in [4.78, 5) is 11.9. The van der Waals surface area contributed by atoms with Crippen molar-refractivity contribution in [2.45, 2.75) is 6.61 Å². The first kappa shape index (κ1) is 19.3. The van der Waals surface area contributed by atoms with Crippen LogP contribution in [0.5, 0.6) is 11.5 Å². The van der Waals surface area contributed by atoms with E-state index in [1.165, 1.54) is 19.2 Å². The molecule has 0 aliphatic carbocycles. The Labute approximate surface area is 160 Å². The molecule has 0 unspecified atom stereocenters. The number of carbonyl (C=O) groups excluding carboxylic acids is 1. The second kappa shape index (κ2) is 8.87. The number of halogens is 3. The number of benzene rings is 2. The van der Waals surface area contributed by atoms with Crippen LogP contribution in [-0.2, 0) is 11.3 Å². The summed E-state index contributed by atoms with van der Waals surface area (Å²) >= 11 is 18.1. The minimum Gasteiger partial charge on any atom is -0.493 e. The van der Waals surface area contributed by atoms with E-state index in [1.807, 2.05) is 0 Å². The van der Waals surface area contributed by atoms with Crippen LogP contribution in [0.1, 0.15) is 15.9 Å². The summed E-state index contributed by atoms with van der Waals surface area (Å²) in [6, 6.07) is 8.03. The van der Waals surface area contributed by atoms with E-state index in [9.17, 15) is 4.79 Å². The van der Waals surface area contributed by atoms with Gasteiger partial charge in [0.05, 0.1) is 27.7 Å². The summed E-state index contributed by atoms with van der Waals surface area (Å²) < 4.78 is 15.8. The Hall–Kier alpha value is -2.06. The highest BCUT2D eigenvalue weighted by molar-refractivity contribution is 6.42. The number of ether oxygens (including phenoxy) is 3. The molecule has 2 aromatic carbocycles. The maximum absolute atomic E-state index is 11.9. The zero-order chi connectivity index (χ0) is 18.4. The van der Waals surface area contributed by atoms with E-state index in [-0.39, 0.29) is 23.8 Å². The molecule has 0 heterocycles. The van der Waals surface area contributed by atoms with Crippen LogP contribution in [0.25, 0.3) is 0 Å². The lowest BCUT2D eigenvalue weighted by Crippen LogP contribution is -2.07. The van der Waals surface area contributed by atoms with Crippen LogP contribution < -0.4 is 9.47 Å². The zero-order valence-electron chi connectivity index (χ0n) is 13.1. The van der Waals surface area contributed by atoms with E-state index in [1.54, 1.807) is 18.2 Å². The van der Waals surface area contributed by atoms with Gasteiger partial charge in [-0.1, -0.05) is 46.8 Å². The summed E-state index contributed by atoms with van der Waals surface area (Å²) in [6.07, 6.45) is 5.06. The fourth-order valence-corrected chi connectivity index (χ4v) is 2.54. The van der Waals surface area contributed by atoms with E-state index < -0.39 is 5.97 Å². The van der Waals surface area contributed by atoms with Gasteiger partial charge in [-0.25, -0.2) is 4.79 Å². The molecule has 0 aliphatic rings. The maximum atomic E-state index is 11.9. The Kier molecular flexibility index (Phi) is 6.83. The van der Waals surface area contributed by atoms with Gasteiger partial charge in [-0.3, -0.25) is 0 Å². The molecule has 0 atom stereocenters. The average molecular weight is 400 g/mol. The van der Waals surface area contributed by atoms with Crippen molar-refractivity contribution >= 4 is 40.8 Å². The highest BCUT2D eigenvalue weighted by Gasteiger charge is 2.17. The van der Waals surface area contributed by atoms with Crippen LogP contribution in [0.3, 0.4) is 0 Å². The topological polar surface area (TPSA) is 44.8 Å². The van der Waals surface area contributed by atoms with Crippen LogP contribution in [0, 0.1) is 12.3 Å². The minimum absolute atomic E-state index is 0.131. The molecule has 0 fully saturated rings. The molecule has 0 bridgehead atoms. The Bertz CT molecular complexity index is 828. The van der Waals surface area contributed by atoms with Gasteiger partial charge < -0.3 is 14.2 Å². The van der Waals surface area contributed by atoms with Gasteiger partial charge in [0.15, 0.2) is 18.1 Å². The smallest absolute Gasteiger partial charge is 0.339 e. The Morgan fingerprint density at radius 1 is 1.12 bits per heavy atom. The highest BCUT2D eigenvalue weighted by Crippen LogP contribution is 2.37. The van der Waals surface area contributed by atoms with E-state index >= 15 is 0 Å². The predicted octanol–water partition coefficient (Wildman–Crippen LogP) is 5.02. The molecule has 2 aromatic rings. The van der Waals surface area contributed by atoms with E-state index in [0.29, 0.717) is 21.5 Å². The molecule has 0 saturated carbocycles. The number of rotatable bonds is 6.